The fraction of sp³-hybridized carbons (Fsp3) is 0.500. The largest absolute Gasteiger partial charge is 0.329 e. The number of nitrogens with zero attached hydrogens (tertiary/aromatic N) is 2. The van der Waals surface area contributed by atoms with E-state index in [1.54, 1.807) is 12.1 Å². The van der Waals surface area contributed by atoms with Crippen molar-refractivity contribution in [2.24, 2.45) is 5.73 Å². The predicted octanol–water partition coefficient (Wildman–Crippen LogP) is 0.575. The van der Waals surface area contributed by atoms with Crippen LogP contribution in [0.5, 0.6) is 0 Å². The molecule has 1 aromatic carbocycles. The normalized spacial score (nSPS) is 10.8. The van der Waals surface area contributed by atoms with Gasteiger partial charge in [-0.05, 0) is 12.6 Å². The number of nitrogens with two attached hydrogens (primary N) is 1. The molecule has 0 spiro atoms. The lowest BCUT2D eigenvalue weighted by molar-refractivity contribution is -0.384. The maximum atomic E-state index is 10.5. The van der Waals surface area contributed by atoms with E-state index in [1.807, 2.05) is 7.05 Å². The van der Waals surface area contributed by atoms with Crippen LogP contribution < -0.4 is 11.1 Å². The average Bonchev–Trinajstić information content (AvgIpc) is 2.37. The Balaban J connectivity index is 2.59. The topological polar surface area (TPSA) is 84.4 Å². The van der Waals surface area contributed by atoms with Gasteiger partial charge in [-0.1, -0.05) is 12.1 Å². The number of benzene rings is 1. The third kappa shape index (κ3) is 4.79. The first kappa shape index (κ1) is 14.6. The molecule has 6 heteroatoms. The van der Waals surface area contributed by atoms with Crippen molar-refractivity contribution < 1.29 is 4.92 Å². The van der Waals surface area contributed by atoms with E-state index in [9.17, 15) is 10.1 Å². The van der Waals surface area contributed by atoms with Gasteiger partial charge < -0.3 is 11.1 Å². The van der Waals surface area contributed by atoms with Crippen molar-refractivity contribution >= 4 is 5.69 Å². The molecule has 0 bridgehead atoms. The Morgan fingerprint density at radius 3 is 2.50 bits per heavy atom. The molecule has 1 aromatic rings. The number of nitro benzene ring substituents is 1. The van der Waals surface area contributed by atoms with Crippen molar-refractivity contribution in [2.75, 3.05) is 33.2 Å². The molecule has 0 saturated heterocycles. The molecule has 0 aliphatic heterocycles. The highest BCUT2D eigenvalue weighted by atomic mass is 16.6. The van der Waals surface area contributed by atoms with E-state index in [-0.39, 0.29) is 10.6 Å². The quantitative estimate of drug-likeness (QED) is 0.522. The maximum Gasteiger partial charge on any atom is 0.269 e. The number of non-ortho nitro benzene ring substituents is 1. The summed E-state index contributed by atoms with van der Waals surface area (Å²) in [5.41, 5.74) is 6.75. The lowest BCUT2D eigenvalue weighted by Gasteiger charge is -2.21. The summed E-state index contributed by atoms with van der Waals surface area (Å²) in [6.45, 7) is 3.99. The van der Waals surface area contributed by atoms with Crippen molar-refractivity contribution in [1.29, 1.82) is 0 Å². The lowest BCUT2D eigenvalue weighted by atomic mass is 10.2. The van der Waals surface area contributed by atoms with E-state index >= 15 is 0 Å². The second-order valence-corrected chi connectivity index (χ2v) is 4.09. The van der Waals surface area contributed by atoms with Gasteiger partial charge in [0.15, 0.2) is 0 Å². The molecule has 3 N–H and O–H groups in total. The Kier molecular flexibility index (Phi) is 6.27. The van der Waals surface area contributed by atoms with Crippen molar-refractivity contribution in [3.63, 3.8) is 0 Å². The van der Waals surface area contributed by atoms with Gasteiger partial charge in [-0.25, -0.2) is 0 Å². The van der Waals surface area contributed by atoms with Crippen molar-refractivity contribution in [2.45, 2.75) is 6.54 Å². The average molecular weight is 252 g/mol. The molecular formula is C12H20N4O2. The Bertz CT molecular complexity index is 367. The predicted molar refractivity (Wildman–Crippen MR) is 71.4 cm³/mol. The van der Waals surface area contributed by atoms with Crippen LogP contribution in [-0.2, 0) is 6.54 Å². The zero-order chi connectivity index (χ0) is 13.4. The molecule has 0 fully saturated rings. The highest BCUT2D eigenvalue weighted by molar-refractivity contribution is 5.32. The molecule has 100 valence electrons. The molecule has 0 radical (unpaired) electrons. The van der Waals surface area contributed by atoms with E-state index in [0.717, 1.165) is 31.7 Å². The highest BCUT2D eigenvalue weighted by Crippen LogP contribution is 2.13. The smallest absolute Gasteiger partial charge is 0.269 e. The molecule has 6 nitrogen and oxygen atoms in total. The SMILES string of the molecule is CNCCN(CCN)Cc1ccc([N+](=O)[O-])cc1. The summed E-state index contributed by atoms with van der Waals surface area (Å²) in [4.78, 5) is 12.4. The second-order valence-electron chi connectivity index (χ2n) is 4.09. The van der Waals surface area contributed by atoms with Crippen LogP contribution in [-0.4, -0.2) is 43.0 Å². The Labute approximate surface area is 107 Å². The van der Waals surface area contributed by atoms with Gasteiger partial charge in [0.05, 0.1) is 4.92 Å². The van der Waals surface area contributed by atoms with Crippen LogP contribution in [0.1, 0.15) is 5.56 Å². The first-order valence-electron chi connectivity index (χ1n) is 5.97. The van der Waals surface area contributed by atoms with Gasteiger partial charge in [0.25, 0.3) is 5.69 Å². The molecule has 0 aliphatic rings. The third-order valence-corrected chi connectivity index (χ3v) is 2.68. The molecule has 0 unspecified atom stereocenters. The maximum absolute atomic E-state index is 10.5. The monoisotopic (exact) mass is 252 g/mol. The van der Waals surface area contributed by atoms with Gasteiger partial charge in [0, 0.05) is 44.9 Å². The Hall–Kier alpha value is -1.50. The minimum atomic E-state index is -0.386. The molecule has 0 aliphatic carbocycles. The fourth-order valence-corrected chi connectivity index (χ4v) is 1.70. The summed E-state index contributed by atoms with van der Waals surface area (Å²) in [7, 11) is 1.91. The van der Waals surface area contributed by atoms with Gasteiger partial charge in [-0.3, -0.25) is 15.0 Å². The minimum Gasteiger partial charge on any atom is -0.329 e. The zero-order valence-corrected chi connectivity index (χ0v) is 10.6. The van der Waals surface area contributed by atoms with Crippen LogP contribution >= 0.6 is 0 Å². The number of hydrogen-bond acceptors (Lipinski definition) is 5. The van der Waals surface area contributed by atoms with Crippen molar-refractivity contribution in [1.82, 2.24) is 10.2 Å². The zero-order valence-electron chi connectivity index (χ0n) is 10.6. The van der Waals surface area contributed by atoms with Crippen LogP contribution in [0.25, 0.3) is 0 Å². The van der Waals surface area contributed by atoms with Crippen LogP contribution in [0.4, 0.5) is 5.69 Å². The number of likely N-dealkylation sites (N-methyl/N-ethyl adjacent to an activating group) is 1. The fourth-order valence-electron chi connectivity index (χ4n) is 1.70. The number of rotatable bonds is 8. The minimum absolute atomic E-state index is 0.124. The first-order chi connectivity index (χ1) is 8.67. The summed E-state index contributed by atoms with van der Waals surface area (Å²) in [6.07, 6.45) is 0. The van der Waals surface area contributed by atoms with Crippen LogP contribution in [0.15, 0.2) is 24.3 Å². The van der Waals surface area contributed by atoms with Gasteiger partial charge in [-0.15, -0.1) is 0 Å². The van der Waals surface area contributed by atoms with Gasteiger partial charge in [0.2, 0.25) is 0 Å². The van der Waals surface area contributed by atoms with Gasteiger partial charge >= 0.3 is 0 Å². The highest BCUT2D eigenvalue weighted by Gasteiger charge is 2.07. The second kappa shape index (κ2) is 7.75. The van der Waals surface area contributed by atoms with Crippen molar-refractivity contribution in [3.05, 3.63) is 39.9 Å². The first-order valence-corrected chi connectivity index (χ1v) is 5.97. The molecule has 0 amide bonds. The van der Waals surface area contributed by atoms with Crippen LogP contribution in [0.2, 0.25) is 0 Å². The van der Waals surface area contributed by atoms with E-state index in [1.165, 1.54) is 12.1 Å². The molecule has 0 heterocycles. The Morgan fingerprint density at radius 2 is 2.00 bits per heavy atom. The molecule has 0 atom stereocenters. The third-order valence-electron chi connectivity index (χ3n) is 2.68. The van der Waals surface area contributed by atoms with E-state index in [2.05, 4.69) is 10.2 Å². The summed E-state index contributed by atoms with van der Waals surface area (Å²) < 4.78 is 0. The van der Waals surface area contributed by atoms with Gasteiger partial charge in [-0.2, -0.15) is 0 Å². The summed E-state index contributed by atoms with van der Waals surface area (Å²) in [6, 6.07) is 6.66. The van der Waals surface area contributed by atoms with E-state index < -0.39 is 0 Å². The summed E-state index contributed by atoms with van der Waals surface area (Å²) in [5.74, 6) is 0. The number of nitro groups is 1. The van der Waals surface area contributed by atoms with E-state index in [4.69, 9.17) is 5.73 Å². The van der Waals surface area contributed by atoms with Crippen molar-refractivity contribution in [3.8, 4) is 0 Å². The number of nitrogens with one attached hydrogen (secondary N) is 1. The molecule has 0 aromatic heterocycles. The molecule has 18 heavy (non-hydrogen) atoms. The van der Waals surface area contributed by atoms with Crippen LogP contribution in [0.3, 0.4) is 0 Å². The standard InChI is InChI=1S/C12H20N4O2/c1-14-7-9-15(8-6-13)10-11-2-4-12(5-3-11)16(17)18/h2-5,14H,6-10,13H2,1H3. The summed E-state index contributed by atoms with van der Waals surface area (Å²) in [5, 5.41) is 13.6. The number of hydrogen-bond donors (Lipinski definition) is 2. The Morgan fingerprint density at radius 1 is 1.33 bits per heavy atom. The van der Waals surface area contributed by atoms with Crippen LogP contribution in [0, 0.1) is 10.1 Å². The van der Waals surface area contributed by atoms with Gasteiger partial charge in [0.1, 0.15) is 0 Å². The molecule has 1 rings (SSSR count). The molecular weight excluding hydrogens is 232 g/mol. The lowest BCUT2D eigenvalue weighted by Crippen LogP contribution is -2.34. The van der Waals surface area contributed by atoms with E-state index in [0.29, 0.717) is 6.54 Å². The molecule has 0 saturated carbocycles. The summed E-state index contributed by atoms with van der Waals surface area (Å²) >= 11 is 0.